The van der Waals surface area contributed by atoms with Crippen molar-refractivity contribution in [2.24, 2.45) is 0 Å². The van der Waals surface area contributed by atoms with Gasteiger partial charge in [0, 0.05) is 19.6 Å². The number of hydrogen-bond donors (Lipinski definition) is 3. The highest BCUT2D eigenvalue weighted by Gasteiger charge is 2.17. The van der Waals surface area contributed by atoms with Gasteiger partial charge >= 0.3 is 18.3 Å². The van der Waals surface area contributed by atoms with E-state index in [1.807, 2.05) is 0 Å². The van der Waals surface area contributed by atoms with Crippen molar-refractivity contribution < 1.29 is 42.8 Å². The van der Waals surface area contributed by atoms with Gasteiger partial charge < -0.3 is 44.4 Å². The van der Waals surface area contributed by atoms with Crippen molar-refractivity contribution in [3.63, 3.8) is 0 Å². The molecule has 0 aromatic heterocycles. The second-order valence-electron chi connectivity index (χ2n) is 7.27. The first-order valence-corrected chi connectivity index (χ1v) is 11.3. The van der Waals surface area contributed by atoms with E-state index in [4.69, 9.17) is 28.4 Å². The van der Waals surface area contributed by atoms with Crippen molar-refractivity contribution in [1.82, 2.24) is 16.0 Å². The van der Waals surface area contributed by atoms with E-state index in [1.54, 1.807) is 41.5 Å². The van der Waals surface area contributed by atoms with E-state index in [2.05, 4.69) is 16.0 Å². The maximum atomic E-state index is 11.5. The van der Waals surface area contributed by atoms with E-state index < -0.39 is 42.7 Å². The fourth-order valence-electron chi connectivity index (χ4n) is 2.36. The minimum absolute atomic E-state index is 0. The summed E-state index contributed by atoms with van der Waals surface area (Å²) in [5.74, 6) is 0. The molecule has 218 valence electrons. The Morgan fingerprint density at radius 2 is 0.861 bits per heavy atom. The first-order chi connectivity index (χ1) is 15.7. The second-order valence-corrected chi connectivity index (χ2v) is 7.27. The van der Waals surface area contributed by atoms with Crippen LogP contribution in [0, 0.1) is 0 Å². The summed E-state index contributed by atoms with van der Waals surface area (Å²) in [7, 11) is 0. The zero-order valence-corrected chi connectivity index (χ0v) is 20.6. The van der Waals surface area contributed by atoms with Crippen LogP contribution in [0.15, 0.2) is 0 Å². The lowest BCUT2D eigenvalue weighted by Crippen LogP contribution is -2.35. The third kappa shape index (κ3) is 23.4. The number of carbonyl (C=O) groups excluding carboxylic acids is 3. The van der Waals surface area contributed by atoms with E-state index >= 15 is 0 Å². The third-order valence-corrected chi connectivity index (χ3v) is 3.77. The predicted molar refractivity (Wildman–Crippen MR) is 140 cm³/mol. The predicted octanol–water partition coefficient (Wildman–Crippen LogP) is 3.72. The van der Waals surface area contributed by atoms with Gasteiger partial charge in [0.1, 0.15) is 24.4 Å². The Hall–Kier alpha value is -2.31. The zero-order valence-electron chi connectivity index (χ0n) is 20.6. The smallest absolute Gasteiger partial charge is 0.407 e. The van der Waals surface area contributed by atoms with Crippen LogP contribution in [0.5, 0.6) is 0 Å². The quantitative estimate of drug-likeness (QED) is 0.241. The zero-order chi connectivity index (χ0) is 25.1. The van der Waals surface area contributed by atoms with Gasteiger partial charge in [-0.1, -0.05) is 22.3 Å². The molecule has 12 nitrogen and oxygen atoms in total. The molecule has 36 heavy (non-hydrogen) atoms. The van der Waals surface area contributed by atoms with Gasteiger partial charge in [0.2, 0.25) is 0 Å². The molecule has 0 aromatic carbocycles. The van der Waals surface area contributed by atoms with Crippen molar-refractivity contribution in [3.8, 4) is 0 Å². The molecular weight excluding hydrogens is 474 g/mol. The SMILES string of the molecule is C.C.C.CCNC(=O)OC(C)COCC(COCC(C)OC(=O)NCC)OCC(C)OC(=O)NCC. The molecule has 0 bridgehead atoms. The highest BCUT2D eigenvalue weighted by atomic mass is 16.6. The Morgan fingerprint density at radius 1 is 0.556 bits per heavy atom. The molecule has 0 aliphatic rings. The summed E-state index contributed by atoms with van der Waals surface area (Å²) in [6.45, 7) is 12.7. The lowest BCUT2D eigenvalue weighted by atomic mass is 10.3. The molecule has 3 atom stereocenters. The molecule has 0 heterocycles. The summed E-state index contributed by atoms with van der Waals surface area (Å²) in [6.07, 6.45) is -3.43. The normalized spacial score (nSPS) is 13.2. The van der Waals surface area contributed by atoms with Crippen LogP contribution >= 0.6 is 0 Å². The van der Waals surface area contributed by atoms with Crippen molar-refractivity contribution in [3.05, 3.63) is 0 Å². The molecule has 0 aliphatic carbocycles. The molecule has 0 radical (unpaired) electrons. The Labute approximate surface area is 218 Å². The standard InChI is InChI=1S/C21H41N3O9.3CH4/c1-7-22-19(25)31-15(4)10-28-13-18(30-12-17(6)33-21(27)24-9-3)14-29-11-16(5)32-20(26)23-8-2;;;/h15-18H,7-14H2,1-6H3,(H,22,25)(H,23,26)(H,24,27);3*1H4. The molecule has 3 amide bonds. The van der Waals surface area contributed by atoms with Gasteiger partial charge in [-0.15, -0.1) is 0 Å². The third-order valence-electron chi connectivity index (χ3n) is 3.77. The highest BCUT2D eigenvalue weighted by molar-refractivity contribution is 5.67. The van der Waals surface area contributed by atoms with Gasteiger partial charge in [-0.25, -0.2) is 14.4 Å². The van der Waals surface area contributed by atoms with Gasteiger partial charge in [0.05, 0.1) is 33.0 Å². The molecule has 0 fully saturated rings. The topological polar surface area (TPSA) is 143 Å². The summed E-state index contributed by atoms with van der Waals surface area (Å²) in [5.41, 5.74) is 0. The fourth-order valence-corrected chi connectivity index (χ4v) is 2.36. The second kappa shape index (κ2) is 25.8. The van der Waals surface area contributed by atoms with Crippen molar-refractivity contribution in [2.75, 3.05) is 52.7 Å². The minimum Gasteiger partial charge on any atom is -0.444 e. The molecule has 3 N–H and O–H groups in total. The molecule has 0 spiro atoms. The number of nitrogens with one attached hydrogen (secondary N) is 3. The number of amides is 3. The molecule has 3 unspecified atom stereocenters. The van der Waals surface area contributed by atoms with Crippen LogP contribution < -0.4 is 16.0 Å². The van der Waals surface area contributed by atoms with Crippen molar-refractivity contribution in [1.29, 1.82) is 0 Å². The number of alkyl carbamates (subject to hydrolysis) is 3. The van der Waals surface area contributed by atoms with E-state index in [9.17, 15) is 14.4 Å². The van der Waals surface area contributed by atoms with Crippen LogP contribution in [0.1, 0.15) is 63.8 Å². The number of ether oxygens (including phenoxy) is 6. The molecular formula is C24H53N3O9. The van der Waals surface area contributed by atoms with Crippen molar-refractivity contribution >= 4 is 18.3 Å². The van der Waals surface area contributed by atoms with Crippen LogP contribution in [-0.2, 0) is 28.4 Å². The van der Waals surface area contributed by atoms with Crippen LogP contribution in [0.4, 0.5) is 14.4 Å². The Morgan fingerprint density at radius 3 is 1.17 bits per heavy atom. The molecule has 12 heteroatoms. The Balaban J connectivity index is -0.00000171. The van der Waals surface area contributed by atoms with Crippen LogP contribution in [0.25, 0.3) is 0 Å². The Kier molecular flexibility index (Phi) is 29.2. The Bertz CT molecular complexity index is 521. The van der Waals surface area contributed by atoms with Gasteiger partial charge in [-0.05, 0) is 41.5 Å². The summed E-state index contributed by atoms with van der Waals surface area (Å²) < 4.78 is 32.5. The fraction of sp³-hybridized carbons (Fsp3) is 0.875. The van der Waals surface area contributed by atoms with Crippen LogP contribution in [0.3, 0.4) is 0 Å². The average Bonchev–Trinajstić information content (AvgIpc) is 2.71. The van der Waals surface area contributed by atoms with Gasteiger partial charge in [0.25, 0.3) is 0 Å². The van der Waals surface area contributed by atoms with Gasteiger partial charge in [0.15, 0.2) is 0 Å². The summed E-state index contributed by atoms with van der Waals surface area (Å²) in [4.78, 5) is 34.5. The van der Waals surface area contributed by atoms with Gasteiger partial charge in [-0.2, -0.15) is 0 Å². The monoisotopic (exact) mass is 527 g/mol. The summed E-state index contributed by atoms with van der Waals surface area (Å²) in [6, 6.07) is 0. The van der Waals surface area contributed by atoms with Crippen molar-refractivity contribution in [2.45, 2.75) is 88.2 Å². The molecule has 0 aromatic rings. The number of carbonyl (C=O) groups is 3. The molecule has 0 rings (SSSR count). The molecule has 0 saturated heterocycles. The highest BCUT2D eigenvalue weighted by Crippen LogP contribution is 2.03. The van der Waals surface area contributed by atoms with Gasteiger partial charge in [-0.3, -0.25) is 0 Å². The lowest BCUT2D eigenvalue weighted by molar-refractivity contribution is -0.0943. The molecule has 0 saturated carbocycles. The first-order valence-electron chi connectivity index (χ1n) is 11.3. The minimum atomic E-state index is -0.523. The maximum Gasteiger partial charge on any atom is 0.407 e. The van der Waals surface area contributed by atoms with Crippen LogP contribution in [0.2, 0.25) is 0 Å². The number of rotatable bonds is 17. The van der Waals surface area contributed by atoms with E-state index in [0.717, 1.165) is 0 Å². The first kappa shape index (κ1) is 40.8. The summed E-state index contributed by atoms with van der Waals surface area (Å²) in [5, 5.41) is 7.64. The largest absolute Gasteiger partial charge is 0.444 e. The summed E-state index contributed by atoms with van der Waals surface area (Å²) >= 11 is 0. The van der Waals surface area contributed by atoms with E-state index in [-0.39, 0.29) is 55.3 Å². The van der Waals surface area contributed by atoms with Crippen LogP contribution in [-0.4, -0.2) is 95.4 Å². The maximum absolute atomic E-state index is 11.5. The number of hydrogen-bond acceptors (Lipinski definition) is 9. The van der Waals surface area contributed by atoms with E-state index in [0.29, 0.717) is 19.6 Å². The average molecular weight is 528 g/mol. The molecule has 0 aliphatic heterocycles. The lowest BCUT2D eigenvalue weighted by Gasteiger charge is -2.22. The van der Waals surface area contributed by atoms with E-state index in [1.165, 1.54) is 0 Å².